The first kappa shape index (κ1) is 12.8. The Morgan fingerprint density at radius 2 is 2.25 bits per heavy atom. The third kappa shape index (κ3) is 3.11. The first-order chi connectivity index (χ1) is 7.72. The Balaban J connectivity index is 2.91. The second-order valence-corrected chi connectivity index (χ2v) is 3.86. The predicted molar refractivity (Wildman–Crippen MR) is 69.0 cm³/mol. The van der Waals surface area contributed by atoms with Crippen LogP contribution in [0.4, 0.5) is 0 Å². The molecule has 16 heavy (non-hydrogen) atoms. The largest absolute Gasteiger partial charge is 0.496 e. The summed E-state index contributed by atoms with van der Waals surface area (Å²) in [6, 6.07) is 6.67. The molecule has 0 saturated heterocycles. The van der Waals surface area contributed by atoms with Gasteiger partial charge in [-0.25, -0.2) is 0 Å². The van der Waals surface area contributed by atoms with Crippen molar-refractivity contribution in [3.8, 4) is 5.75 Å². The van der Waals surface area contributed by atoms with Gasteiger partial charge in [0.1, 0.15) is 5.75 Å². The summed E-state index contributed by atoms with van der Waals surface area (Å²) in [4.78, 5) is 0. The van der Waals surface area contributed by atoms with Crippen LogP contribution in [0.25, 0.3) is 0 Å². The molecule has 0 radical (unpaired) electrons. The zero-order valence-electron chi connectivity index (χ0n) is 10.4. The van der Waals surface area contributed by atoms with Crippen LogP contribution in [0, 0.1) is 6.92 Å². The topological polar surface area (TPSA) is 21.3 Å². The highest BCUT2D eigenvalue weighted by Gasteiger charge is 2.09. The van der Waals surface area contributed by atoms with Crippen molar-refractivity contribution in [1.82, 2.24) is 5.32 Å². The molecule has 0 saturated carbocycles. The lowest BCUT2D eigenvalue weighted by Crippen LogP contribution is -2.20. The zero-order chi connectivity index (χ0) is 12.0. The van der Waals surface area contributed by atoms with Crippen molar-refractivity contribution in [3.63, 3.8) is 0 Å². The maximum Gasteiger partial charge on any atom is 0.121 e. The van der Waals surface area contributed by atoms with E-state index in [0.717, 1.165) is 18.7 Å². The minimum atomic E-state index is 0.354. The van der Waals surface area contributed by atoms with Gasteiger partial charge in [-0.1, -0.05) is 25.1 Å². The van der Waals surface area contributed by atoms with Crippen molar-refractivity contribution in [2.45, 2.75) is 26.3 Å². The average molecular weight is 219 g/mol. The minimum Gasteiger partial charge on any atom is -0.496 e. The van der Waals surface area contributed by atoms with Gasteiger partial charge in [-0.2, -0.15) is 0 Å². The summed E-state index contributed by atoms with van der Waals surface area (Å²) in [5.74, 6) is 0.942. The molecule has 2 nitrogen and oxygen atoms in total. The molecule has 1 unspecified atom stereocenters. The van der Waals surface area contributed by atoms with E-state index < -0.39 is 0 Å². The second-order valence-electron chi connectivity index (χ2n) is 3.86. The molecule has 0 aliphatic rings. The Labute approximate surface area is 98.3 Å². The van der Waals surface area contributed by atoms with E-state index in [4.69, 9.17) is 4.74 Å². The molecule has 0 aliphatic carbocycles. The first-order valence-corrected chi connectivity index (χ1v) is 5.71. The maximum atomic E-state index is 5.26. The van der Waals surface area contributed by atoms with Gasteiger partial charge in [0.25, 0.3) is 0 Å². The molecule has 0 fully saturated rings. The van der Waals surface area contributed by atoms with Crippen molar-refractivity contribution in [1.29, 1.82) is 0 Å². The molecule has 0 aliphatic heterocycles. The summed E-state index contributed by atoms with van der Waals surface area (Å²) in [7, 11) is 1.70. The number of rotatable bonds is 6. The van der Waals surface area contributed by atoms with E-state index in [0.29, 0.717) is 6.04 Å². The lowest BCUT2D eigenvalue weighted by molar-refractivity contribution is 0.411. The monoisotopic (exact) mass is 219 g/mol. The molecule has 88 valence electrons. The van der Waals surface area contributed by atoms with Crippen molar-refractivity contribution >= 4 is 0 Å². The van der Waals surface area contributed by atoms with Gasteiger partial charge in [-0.05, 0) is 37.1 Å². The summed E-state index contributed by atoms with van der Waals surface area (Å²) >= 11 is 0. The SMILES string of the molecule is C=CCC(NCC)c1ccc(OC)c(C)c1. The van der Waals surface area contributed by atoms with Gasteiger partial charge in [0.05, 0.1) is 7.11 Å². The lowest BCUT2D eigenvalue weighted by atomic mass is 10.0. The maximum absolute atomic E-state index is 5.26. The number of hydrogen-bond donors (Lipinski definition) is 1. The van der Waals surface area contributed by atoms with E-state index in [-0.39, 0.29) is 0 Å². The Bertz CT molecular complexity index is 347. The van der Waals surface area contributed by atoms with Crippen LogP contribution >= 0.6 is 0 Å². The summed E-state index contributed by atoms with van der Waals surface area (Å²) < 4.78 is 5.26. The zero-order valence-corrected chi connectivity index (χ0v) is 10.4. The van der Waals surface area contributed by atoms with Gasteiger partial charge in [0.2, 0.25) is 0 Å². The number of benzene rings is 1. The number of ether oxygens (including phenoxy) is 1. The highest BCUT2D eigenvalue weighted by atomic mass is 16.5. The van der Waals surface area contributed by atoms with E-state index in [9.17, 15) is 0 Å². The van der Waals surface area contributed by atoms with Crippen molar-refractivity contribution in [3.05, 3.63) is 42.0 Å². The van der Waals surface area contributed by atoms with E-state index in [2.05, 4.69) is 37.9 Å². The Kier molecular flexibility index (Phi) is 5.06. The van der Waals surface area contributed by atoms with E-state index in [1.165, 1.54) is 11.1 Å². The van der Waals surface area contributed by atoms with Crippen molar-refractivity contribution in [2.24, 2.45) is 0 Å². The highest BCUT2D eigenvalue weighted by molar-refractivity contribution is 5.37. The summed E-state index contributed by atoms with van der Waals surface area (Å²) in [6.07, 6.45) is 2.90. The molecule has 1 aromatic carbocycles. The second kappa shape index (κ2) is 6.33. The molecule has 2 heteroatoms. The summed E-state index contributed by atoms with van der Waals surface area (Å²) in [6.45, 7) is 8.95. The predicted octanol–water partition coefficient (Wildman–Crippen LogP) is 3.23. The van der Waals surface area contributed by atoms with Crippen LogP contribution in [0.1, 0.15) is 30.5 Å². The molecule has 0 aromatic heterocycles. The lowest BCUT2D eigenvalue weighted by Gasteiger charge is -2.18. The van der Waals surface area contributed by atoms with Crippen LogP contribution in [0.3, 0.4) is 0 Å². The summed E-state index contributed by atoms with van der Waals surface area (Å²) in [5, 5.41) is 3.45. The van der Waals surface area contributed by atoms with Crippen molar-refractivity contribution in [2.75, 3.05) is 13.7 Å². The Morgan fingerprint density at radius 3 is 2.75 bits per heavy atom. The summed E-state index contributed by atoms with van der Waals surface area (Å²) in [5.41, 5.74) is 2.46. The number of nitrogens with one attached hydrogen (secondary N) is 1. The van der Waals surface area contributed by atoms with Gasteiger partial charge in [-0.3, -0.25) is 0 Å². The fourth-order valence-electron chi connectivity index (χ4n) is 1.87. The number of hydrogen-bond acceptors (Lipinski definition) is 2. The van der Waals surface area contributed by atoms with Gasteiger partial charge < -0.3 is 10.1 Å². The molecule has 0 amide bonds. The molecule has 1 N–H and O–H groups in total. The average Bonchev–Trinajstić information content (AvgIpc) is 2.28. The van der Waals surface area contributed by atoms with Crippen molar-refractivity contribution < 1.29 is 4.74 Å². The van der Waals surface area contributed by atoms with E-state index >= 15 is 0 Å². The van der Waals surface area contributed by atoms with Crippen LogP contribution < -0.4 is 10.1 Å². The van der Waals surface area contributed by atoms with Crippen LogP contribution in [-0.4, -0.2) is 13.7 Å². The molecule has 0 heterocycles. The van der Waals surface area contributed by atoms with Crippen LogP contribution in [0.15, 0.2) is 30.9 Å². The van der Waals surface area contributed by atoms with Gasteiger partial charge in [-0.15, -0.1) is 6.58 Å². The third-order valence-corrected chi connectivity index (χ3v) is 2.67. The quantitative estimate of drug-likeness (QED) is 0.742. The van der Waals surface area contributed by atoms with Crippen LogP contribution in [0.2, 0.25) is 0 Å². The fourth-order valence-corrected chi connectivity index (χ4v) is 1.87. The molecule has 1 aromatic rings. The molecule has 0 spiro atoms. The van der Waals surface area contributed by atoms with E-state index in [1.807, 2.05) is 12.1 Å². The third-order valence-electron chi connectivity index (χ3n) is 2.67. The normalized spacial score (nSPS) is 12.2. The molecule has 1 rings (SSSR count). The van der Waals surface area contributed by atoms with Gasteiger partial charge in [0.15, 0.2) is 0 Å². The van der Waals surface area contributed by atoms with Gasteiger partial charge in [0, 0.05) is 6.04 Å². The number of methoxy groups -OCH3 is 1. The van der Waals surface area contributed by atoms with Crippen LogP contribution in [0.5, 0.6) is 5.75 Å². The fraction of sp³-hybridized carbons (Fsp3) is 0.429. The number of aryl methyl sites for hydroxylation is 1. The van der Waals surface area contributed by atoms with E-state index in [1.54, 1.807) is 7.11 Å². The molecular weight excluding hydrogens is 198 g/mol. The van der Waals surface area contributed by atoms with Gasteiger partial charge >= 0.3 is 0 Å². The minimum absolute atomic E-state index is 0.354. The smallest absolute Gasteiger partial charge is 0.121 e. The molecular formula is C14H21NO. The van der Waals surface area contributed by atoms with Crippen LogP contribution in [-0.2, 0) is 0 Å². The standard InChI is InChI=1S/C14H21NO/c1-5-7-13(15-6-2)12-8-9-14(16-4)11(3)10-12/h5,8-10,13,15H,1,6-7H2,2-4H3. The molecule has 1 atom stereocenters. The Hall–Kier alpha value is -1.28. The first-order valence-electron chi connectivity index (χ1n) is 5.71. The Morgan fingerprint density at radius 1 is 1.50 bits per heavy atom. The molecule has 0 bridgehead atoms. The highest BCUT2D eigenvalue weighted by Crippen LogP contribution is 2.24.